The largest absolute Gasteiger partial charge is 0.355 e. The van der Waals surface area contributed by atoms with Crippen LogP contribution in [0.5, 0.6) is 0 Å². The molecule has 0 spiro atoms. The first-order valence-corrected chi connectivity index (χ1v) is 10.5. The van der Waals surface area contributed by atoms with Crippen molar-refractivity contribution >= 4 is 29.1 Å². The van der Waals surface area contributed by atoms with Gasteiger partial charge in [0.15, 0.2) is 0 Å². The van der Waals surface area contributed by atoms with Crippen LogP contribution in [0.1, 0.15) is 23.2 Å². The maximum Gasteiger partial charge on any atom is 0.252 e. The summed E-state index contributed by atoms with van der Waals surface area (Å²) in [5.41, 5.74) is 0.674. The predicted molar refractivity (Wildman–Crippen MR) is 110 cm³/mol. The smallest absolute Gasteiger partial charge is 0.252 e. The van der Waals surface area contributed by atoms with Crippen molar-refractivity contribution in [1.29, 1.82) is 0 Å². The number of piperazine rings is 1. The Morgan fingerprint density at radius 2 is 1.86 bits per heavy atom. The summed E-state index contributed by atoms with van der Waals surface area (Å²) >= 11 is 1.49. The molecule has 0 aromatic carbocycles. The van der Waals surface area contributed by atoms with Crippen molar-refractivity contribution in [3.63, 3.8) is 0 Å². The molecular formula is C19H26N6O2S. The van der Waals surface area contributed by atoms with Crippen molar-refractivity contribution in [3.8, 4) is 0 Å². The molecule has 1 aliphatic rings. The number of carbonyl (C=O) groups is 2. The summed E-state index contributed by atoms with van der Waals surface area (Å²) in [5, 5.41) is 9.48. The van der Waals surface area contributed by atoms with E-state index in [0.29, 0.717) is 31.5 Å². The first-order chi connectivity index (χ1) is 13.7. The second-order valence-electron chi connectivity index (χ2n) is 6.60. The van der Waals surface area contributed by atoms with Crippen LogP contribution in [0.15, 0.2) is 35.3 Å². The fraction of sp³-hybridized carbons (Fsp3) is 0.474. The van der Waals surface area contributed by atoms with E-state index in [0.717, 1.165) is 38.7 Å². The van der Waals surface area contributed by atoms with Crippen LogP contribution in [0, 0.1) is 0 Å². The molecule has 8 nitrogen and oxygen atoms in total. The molecule has 150 valence electrons. The van der Waals surface area contributed by atoms with Gasteiger partial charge in [0.25, 0.3) is 5.91 Å². The van der Waals surface area contributed by atoms with Crippen LogP contribution in [0.2, 0.25) is 0 Å². The number of thiophene rings is 1. The molecule has 28 heavy (non-hydrogen) atoms. The van der Waals surface area contributed by atoms with E-state index < -0.39 is 0 Å². The zero-order valence-corrected chi connectivity index (χ0v) is 16.7. The standard InChI is InChI=1S/C19H26N6O2S/c26-17(3-1-5-21-18(27)16-4-14-28-15-16)20-8-9-24-10-12-25(13-11-24)19-22-6-2-7-23-19/h2,4,6-7,14-15H,1,3,5,8-13H2,(H,20,26)(H,21,27). The minimum Gasteiger partial charge on any atom is -0.355 e. The monoisotopic (exact) mass is 402 g/mol. The van der Waals surface area contributed by atoms with E-state index >= 15 is 0 Å². The first-order valence-electron chi connectivity index (χ1n) is 9.54. The highest BCUT2D eigenvalue weighted by Gasteiger charge is 2.18. The molecule has 1 aliphatic heterocycles. The van der Waals surface area contributed by atoms with Crippen LogP contribution in [0.25, 0.3) is 0 Å². The number of amides is 2. The van der Waals surface area contributed by atoms with Gasteiger partial charge in [-0.1, -0.05) is 0 Å². The number of rotatable bonds is 9. The Morgan fingerprint density at radius 1 is 1.07 bits per heavy atom. The van der Waals surface area contributed by atoms with E-state index in [1.165, 1.54) is 11.3 Å². The molecular weight excluding hydrogens is 376 g/mol. The molecule has 0 unspecified atom stereocenters. The fourth-order valence-corrected chi connectivity index (χ4v) is 3.65. The fourth-order valence-electron chi connectivity index (χ4n) is 3.01. The summed E-state index contributed by atoms with van der Waals surface area (Å²) in [6.45, 7) is 5.63. The normalized spacial score (nSPS) is 14.6. The minimum atomic E-state index is -0.0818. The van der Waals surface area contributed by atoms with E-state index in [1.807, 2.05) is 16.8 Å². The topological polar surface area (TPSA) is 90.5 Å². The molecule has 0 atom stereocenters. The Bertz CT molecular complexity index is 732. The molecule has 0 bridgehead atoms. The first kappa shape index (κ1) is 20.2. The van der Waals surface area contributed by atoms with Gasteiger partial charge < -0.3 is 15.5 Å². The number of carbonyl (C=O) groups excluding carboxylic acids is 2. The van der Waals surface area contributed by atoms with Crippen molar-refractivity contribution in [1.82, 2.24) is 25.5 Å². The number of aromatic nitrogens is 2. The van der Waals surface area contributed by atoms with Crippen molar-refractivity contribution in [2.45, 2.75) is 12.8 Å². The van der Waals surface area contributed by atoms with Crippen LogP contribution in [0.4, 0.5) is 5.95 Å². The summed E-state index contributed by atoms with van der Waals surface area (Å²) in [4.78, 5) is 36.8. The molecule has 2 N–H and O–H groups in total. The van der Waals surface area contributed by atoms with Gasteiger partial charge in [0.2, 0.25) is 11.9 Å². The maximum absolute atomic E-state index is 11.9. The van der Waals surface area contributed by atoms with Gasteiger partial charge in [-0.05, 0) is 23.9 Å². The van der Waals surface area contributed by atoms with Gasteiger partial charge in [-0.25, -0.2) is 9.97 Å². The highest BCUT2D eigenvalue weighted by Crippen LogP contribution is 2.09. The Hall–Kier alpha value is -2.52. The lowest BCUT2D eigenvalue weighted by Gasteiger charge is -2.34. The number of nitrogens with zero attached hydrogens (tertiary/aromatic N) is 4. The van der Waals surface area contributed by atoms with Crippen molar-refractivity contribution < 1.29 is 9.59 Å². The molecule has 9 heteroatoms. The number of hydrogen-bond acceptors (Lipinski definition) is 7. The second kappa shape index (κ2) is 10.7. The lowest BCUT2D eigenvalue weighted by molar-refractivity contribution is -0.121. The van der Waals surface area contributed by atoms with Crippen molar-refractivity contribution in [2.75, 3.05) is 50.7 Å². The molecule has 0 saturated carbocycles. The van der Waals surface area contributed by atoms with Gasteiger partial charge in [-0.15, -0.1) is 0 Å². The Balaban J connectivity index is 1.22. The predicted octanol–water partition coefficient (Wildman–Crippen LogP) is 0.987. The molecule has 3 rings (SSSR count). The molecule has 1 saturated heterocycles. The average Bonchev–Trinajstić information content (AvgIpc) is 3.27. The summed E-state index contributed by atoms with van der Waals surface area (Å²) in [5.74, 6) is 0.726. The summed E-state index contributed by atoms with van der Waals surface area (Å²) < 4.78 is 0. The van der Waals surface area contributed by atoms with Crippen molar-refractivity contribution in [3.05, 3.63) is 40.8 Å². The van der Waals surface area contributed by atoms with E-state index in [4.69, 9.17) is 0 Å². The Kier molecular flexibility index (Phi) is 7.74. The molecule has 2 aromatic heterocycles. The summed E-state index contributed by atoms with van der Waals surface area (Å²) in [6, 6.07) is 3.61. The van der Waals surface area contributed by atoms with E-state index in [9.17, 15) is 9.59 Å². The second-order valence-corrected chi connectivity index (χ2v) is 7.38. The van der Waals surface area contributed by atoms with Gasteiger partial charge in [-0.2, -0.15) is 11.3 Å². The van der Waals surface area contributed by atoms with Crippen LogP contribution >= 0.6 is 11.3 Å². The maximum atomic E-state index is 11.9. The van der Waals surface area contributed by atoms with Crippen LogP contribution in [0.3, 0.4) is 0 Å². The SMILES string of the molecule is O=C(CCCNC(=O)c1ccsc1)NCCN1CCN(c2ncccn2)CC1. The van der Waals surface area contributed by atoms with Crippen LogP contribution in [-0.2, 0) is 4.79 Å². The quantitative estimate of drug-likeness (QED) is 0.608. The Morgan fingerprint density at radius 3 is 2.57 bits per heavy atom. The van der Waals surface area contributed by atoms with Gasteiger partial charge >= 0.3 is 0 Å². The lowest BCUT2D eigenvalue weighted by atomic mass is 10.2. The number of hydrogen-bond donors (Lipinski definition) is 2. The number of nitrogens with one attached hydrogen (secondary N) is 2. The summed E-state index contributed by atoms with van der Waals surface area (Å²) in [7, 11) is 0. The van der Waals surface area contributed by atoms with Gasteiger partial charge in [-0.3, -0.25) is 14.5 Å². The van der Waals surface area contributed by atoms with Gasteiger partial charge in [0, 0.05) is 75.6 Å². The molecule has 1 fully saturated rings. The number of anilines is 1. The summed E-state index contributed by atoms with van der Waals surface area (Å²) in [6.07, 6.45) is 4.58. The highest BCUT2D eigenvalue weighted by molar-refractivity contribution is 7.08. The zero-order chi connectivity index (χ0) is 19.6. The minimum absolute atomic E-state index is 0.0288. The molecule has 2 amide bonds. The van der Waals surface area contributed by atoms with Gasteiger partial charge in [0.05, 0.1) is 0 Å². The Labute approximate surface area is 169 Å². The van der Waals surface area contributed by atoms with E-state index in [2.05, 4.69) is 30.4 Å². The van der Waals surface area contributed by atoms with Crippen LogP contribution < -0.4 is 15.5 Å². The van der Waals surface area contributed by atoms with Crippen LogP contribution in [-0.4, -0.2) is 72.5 Å². The third kappa shape index (κ3) is 6.28. The third-order valence-electron chi connectivity index (χ3n) is 4.61. The molecule has 2 aromatic rings. The average molecular weight is 403 g/mol. The van der Waals surface area contributed by atoms with E-state index in [-0.39, 0.29) is 11.8 Å². The highest BCUT2D eigenvalue weighted by atomic mass is 32.1. The molecule has 0 aliphatic carbocycles. The lowest BCUT2D eigenvalue weighted by Crippen LogP contribution is -2.49. The molecule has 0 radical (unpaired) electrons. The third-order valence-corrected chi connectivity index (χ3v) is 5.29. The van der Waals surface area contributed by atoms with Crippen molar-refractivity contribution in [2.24, 2.45) is 0 Å². The van der Waals surface area contributed by atoms with E-state index in [1.54, 1.807) is 18.5 Å². The zero-order valence-electron chi connectivity index (χ0n) is 15.8. The molecule has 3 heterocycles. The van der Waals surface area contributed by atoms with Gasteiger partial charge in [0.1, 0.15) is 0 Å².